The number of esters is 1. The number of nitrogens with zero attached hydrogens (tertiary/aromatic N) is 1. The molecule has 0 bridgehead atoms. The zero-order chi connectivity index (χ0) is 15.5. The topological polar surface area (TPSA) is 49.8 Å². The van der Waals surface area contributed by atoms with Crippen molar-refractivity contribution >= 4 is 5.97 Å². The smallest absolute Gasteiger partial charge is 0.343 e. The van der Waals surface area contributed by atoms with Gasteiger partial charge in [-0.2, -0.15) is 0 Å². The van der Waals surface area contributed by atoms with E-state index in [1.807, 2.05) is 0 Å². The molecule has 120 valence electrons. The van der Waals surface area contributed by atoms with Crippen molar-refractivity contribution in [3.63, 3.8) is 0 Å². The summed E-state index contributed by atoms with van der Waals surface area (Å²) in [4.78, 5) is 14.8. The lowest BCUT2D eigenvalue weighted by molar-refractivity contribution is -0.175. The Morgan fingerprint density at radius 2 is 1.76 bits per heavy atom. The molecule has 0 radical (unpaired) electrons. The van der Waals surface area contributed by atoms with E-state index in [4.69, 9.17) is 4.74 Å². The van der Waals surface area contributed by atoms with Crippen molar-refractivity contribution < 1.29 is 14.6 Å². The Balaban J connectivity index is 2.03. The highest BCUT2D eigenvalue weighted by Gasteiger charge is 2.47. The van der Waals surface area contributed by atoms with Gasteiger partial charge < -0.3 is 14.7 Å². The van der Waals surface area contributed by atoms with Gasteiger partial charge in [0.25, 0.3) is 0 Å². The summed E-state index contributed by atoms with van der Waals surface area (Å²) in [6.07, 6.45) is 6.72. The predicted octanol–water partition coefficient (Wildman–Crippen LogP) is 2.51. The SMILES string of the molecule is C=C(C)C(O)(C(=O)OC1CCN(C)CC1)C1CCCCC1. The summed E-state index contributed by atoms with van der Waals surface area (Å²) in [6, 6.07) is 0. The van der Waals surface area contributed by atoms with Crippen LogP contribution in [0.1, 0.15) is 51.9 Å². The fourth-order valence-corrected chi connectivity index (χ4v) is 3.55. The van der Waals surface area contributed by atoms with Gasteiger partial charge in [0.1, 0.15) is 6.10 Å². The number of aliphatic hydroxyl groups is 1. The monoisotopic (exact) mass is 295 g/mol. The minimum Gasteiger partial charge on any atom is -0.460 e. The normalized spacial score (nSPS) is 25.3. The molecule has 21 heavy (non-hydrogen) atoms. The average Bonchev–Trinajstić information content (AvgIpc) is 2.49. The molecule has 2 rings (SSSR count). The Morgan fingerprint density at radius 3 is 2.29 bits per heavy atom. The van der Waals surface area contributed by atoms with Crippen LogP contribution < -0.4 is 0 Å². The van der Waals surface area contributed by atoms with Crippen LogP contribution in [0.3, 0.4) is 0 Å². The Labute approximate surface area is 128 Å². The van der Waals surface area contributed by atoms with E-state index in [0.29, 0.717) is 5.57 Å². The fourth-order valence-electron chi connectivity index (χ4n) is 3.55. The Kier molecular flexibility index (Phi) is 5.44. The van der Waals surface area contributed by atoms with Crippen molar-refractivity contribution in [3.8, 4) is 0 Å². The molecule has 0 aromatic carbocycles. The maximum Gasteiger partial charge on any atom is 0.343 e. The van der Waals surface area contributed by atoms with E-state index in [2.05, 4.69) is 18.5 Å². The molecule has 1 aliphatic heterocycles. The molecule has 1 atom stereocenters. The van der Waals surface area contributed by atoms with Crippen LogP contribution in [0, 0.1) is 5.92 Å². The second-order valence-corrected chi connectivity index (χ2v) is 6.79. The molecule has 1 unspecified atom stereocenters. The van der Waals surface area contributed by atoms with Crippen LogP contribution in [-0.2, 0) is 9.53 Å². The van der Waals surface area contributed by atoms with Gasteiger partial charge in [-0.15, -0.1) is 0 Å². The van der Waals surface area contributed by atoms with Gasteiger partial charge >= 0.3 is 5.97 Å². The van der Waals surface area contributed by atoms with Crippen LogP contribution in [0.4, 0.5) is 0 Å². The van der Waals surface area contributed by atoms with E-state index in [-0.39, 0.29) is 12.0 Å². The number of carbonyl (C=O) groups is 1. The van der Waals surface area contributed by atoms with Gasteiger partial charge in [-0.25, -0.2) is 4.79 Å². The summed E-state index contributed by atoms with van der Waals surface area (Å²) in [7, 11) is 2.07. The summed E-state index contributed by atoms with van der Waals surface area (Å²) in [5, 5.41) is 11.0. The largest absolute Gasteiger partial charge is 0.460 e. The van der Waals surface area contributed by atoms with Crippen molar-refractivity contribution in [2.75, 3.05) is 20.1 Å². The van der Waals surface area contributed by atoms with E-state index in [1.54, 1.807) is 6.92 Å². The highest BCUT2D eigenvalue weighted by molar-refractivity contribution is 5.83. The van der Waals surface area contributed by atoms with E-state index in [0.717, 1.165) is 51.6 Å². The molecule has 2 fully saturated rings. The molecule has 1 saturated carbocycles. The summed E-state index contributed by atoms with van der Waals surface area (Å²) in [5.74, 6) is -0.515. The third-order valence-corrected chi connectivity index (χ3v) is 5.10. The van der Waals surface area contributed by atoms with Crippen molar-refractivity contribution in [1.82, 2.24) is 4.90 Å². The Morgan fingerprint density at radius 1 is 1.19 bits per heavy atom. The second kappa shape index (κ2) is 6.93. The van der Waals surface area contributed by atoms with Gasteiger partial charge in [-0.1, -0.05) is 25.8 Å². The van der Waals surface area contributed by atoms with Crippen LogP contribution in [0.15, 0.2) is 12.2 Å². The van der Waals surface area contributed by atoms with Crippen LogP contribution in [0.2, 0.25) is 0 Å². The van der Waals surface area contributed by atoms with Crippen LogP contribution in [-0.4, -0.2) is 47.8 Å². The lowest BCUT2D eigenvalue weighted by Gasteiger charge is -2.38. The van der Waals surface area contributed by atoms with Crippen molar-refractivity contribution in [3.05, 3.63) is 12.2 Å². The first-order valence-corrected chi connectivity index (χ1v) is 8.22. The second-order valence-electron chi connectivity index (χ2n) is 6.79. The quantitative estimate of drug-likeness (QED) is 0.639. The number of likely N-dealkylation sites (tertiary alicyclic amines) is 1. The number of hydrogen-bond donors (Lipinski definition) is 1. The molecule has 0 aromatic rings. The summed E-state index contributed by atoms with van der Waals surface area (Å²) >= 11 is 0. The molecule has 2 aliphatic rings. The minimum atomic E-state index is -1.50. The van der Waals surface area contributed by atoms with Crippen LogP contribution in [0.25, 0.3) is 0 Å². The highest BCUT2D eigenvalue weighted by atomic mass is 16.6. The maximum absolute atomic E-state index is 12.6. The van der Waals surface area contributed by atoms with Gasteiger partial charge in [0.05, 0.1) is 0 Å². The molecule has 1 aliphatic carbocycles. The molecule has 0 amide bonds. The lowest BCUT2D eigenvalue weighted by Crippen LogP contribution is -2.50. The molecule has 1 heterocycles. The van der Waals surface area contributed by atoms with Gasteiger partial charge in [-0.3, -0.25) is 0 Å². The standard InChI is InChI=1S/C17H29NO3/c1-13(2)17(20,14-7-5-4-6-8-14)16(19)21-15-9-11-18(3)12-10-15/h14-15,20H,1,4-12H2,2-3H3. The zero-order valence-electron chi connectivity index (χ0n) is 13.4. The van der Waals surface area contributed by atoms with Crippen molar-refractivity contribution in [2.45, 2.75) is 63.6 Å². The molecule has 0 aromatic heterocycles. The molecule has 4 nitrogen and oxygen atoms in total. The van der Waals surface area contributed by atoms with Crippen LogP contribution in [0.5, 0.6) is 0 Å². The molecular formula is C17H29NO3. The first-order chi connectivity index (χ1) is 9.94. The summed E-state index contributed by atoms with van der Waals surface area (Å²) in [6.45, 7) is 7.48. The number of ether oxygens (including phenoxy) is 1. The van der Waals surface area contributed by atoms with Crippen molar-refractivity contribution in [1.29, 1.82) is 0 Å². The van der Waals surface area contributed by atoms with E-state index in [9.17, 15) is 9.90 Å². The number of rotatable bonds is 4. The highest BCUT2D eigenvalue weighted by Crippen LogP contribution is 2.38. The molecular weight excluding hydrogens is 266 g/mol. The predicted molar refractivity (Wildman–Crippen MR) is 82.9 cm³/mol. The average molecular weight is 295 g/mol. The summed E-state index contributed by atoms with van der Waals surface area (Å²) in [5.41, 5.74) is -0.976. The summed E-state index contributed by atoms with van der Waals surface area (Å²) < 4.78 is 5.64. The molecule has 1 saturated heterocycles. The molecule has 1 N–H and O–H groups in total. The van der Waals surface area contributed by atoms with Gasteiger partial charge in [0, 0.05) is 19.0 Å². The molecule has 4 heteroatoms. The minimum absolute atomic E-state index is 0.0393. The van der Waals surface area contributed by atoms with Gasteiger partial charge in [-0.05, 0) is 45.2 Å². The third-order valence-electron chi connectivity index (χ3n) is 5.10. The van der Waals surface area contributed by atoms with E-state index >= 15 is 0 Å². The number of piperidine rings is 1. The Bertz CT molecular complexity index is 381. The number of hydrogen-bond acceptors (Lipinski definition) is 4. The van der Waals surface area contributed by atoms with Gasteiger partial charge in [0.2, 0.25) is 0 Å². The number of carbonyl (C=O) groups excluding carboxylic acids is 1. The maximum atomic E-state index is 12.6. The zero-order valence-corrected chi connectivity index (χ0v) is 13.4. The van der Waals surface area contributed by atoms with Crippen LogP contribution >= 0.6 is 0 Å². The van der Waals surface area contributed by atoms with Gasteiger partial charge in [0.15, 0.2) is 5.60 Å². The first kappa shape index (κ1) is 16.5. The Hall–Kier alpha value is -0.870. The van der Waals surface area contributed by atoms with E-state index in [1.165, 1.54) is 6.42 Å². The van der Waals surface area contributed by atoms with Crippen molar-refractivity contribution in [2.24, 2.45) is 5.92 Å². The first-order valence-electron chi connectivity index (χ1n) is 8.22. The third kappa shape index (κ3) is 3.67. The van der Waals surface area contributed by atoms with E-state index < -0.39 is 11.6 Å². The molecule has 0 spiro atoms. The lowest BCUT2D eigenvalue weighted by atomic mass is 9.74. The fraction of sp³-hybridized carbons (Fsp3) is 0.824.